The highest BCUT2D eigenvalue weighted by molar-refractivity contribution is 8.00. The van der Waals surface area contributed by atoms with E-state index in [-0.39, 0.29) is 5.91 Å². The molecule has 1 aliphatic rings. The van der Waals surface area contributed by atoms with Gasteiger partial charge in [0.1, 0.15) is 0 Å². The molecule has 0 saturated carbocycles. The fourth-order valence-electron chi connectivity index (χ4n) is 4.16. The van der Waals surface area contributed by atoms with E-state index in [0.717, 1.165) is 46.7 Å². The van der Waals surface area contributed by atoms with Crippen LogP contribution in [0.5, 0.6) is 0 Å². The molecule has 1 N–H and O–H groups in total. The number of para-hydroxylation sites is 1. The van der Waals surface area contributed by atoms with Crippen molar-refractivity contribution in [2.75, 3.05) is 30.9 Å². The zero-order valence-electron chi connectivity index (χ0n) is 19.0. The van der Waals surface area contributed by atoms with Crippen LogP contribution in [-0.4, -0.2) is 46.9 Å². The number of carbonyl (C=O) groups is 1. The van der Waals surface area contributed by atoms with Gasteiger partial charge in [-0.2, -0.15) is 0 Å². The molecule has 2 heterocycles. The lowest BCUT2D eigenvalue weighted by atomic mass is 10.1. The van der Waals surface area contributed by atoms with Crippen LogP contribution in [0.3, 0.4) is 0 Å². The number of carbonyl (C=O) groups excluding carboxylic acids is 1. The molecule has 3 aromatic carbocycles. The van der Waals surface area contributed by atoms with Gasteiger partial charge in [0.05, 0.1) is 20.5 Å². The van der Waals surface area contributed by atoms with Gasteiger partial charge in [-0.05, 0) is 60.0 Å². The van der Waals surface area contributed by atoms with Crippen LogP contribution in [0.15, 0.2) is 83.9 Å². The van der Waals surface area contributed by atoms with Gasteiger partial charge in [-0.1, -0.05) is 53.5 Å². The maximum atomic E-state index is 13.0. The first kappa shape index (κ1) is 23.9. The second-order valence-electron chi connectivity index (χ2n) is 8.39. The first-order valence-corrected chi connectivity index (χ1v) is 13.0. The third-order valence-electron chi connectivity index (χ3n) is 6.09. The van der Waals surface area contributed by atoms with Crippen LogP contribution in [0.25, 0.3) is 10.9 Å². The molecule has 5 rings (SSSR count). The summed E-state index contributed by atoms with van der Waals surface area (Å²) in [6, 6.07) is 23.5. The topological polar surface area (TPSA) is 48.5 Å². The van der Waals surface area contributed by atoms with Gasteiger partial charge >= 0.3 is 0 Å². The molecule has 178 valence electrons. The lowest BCUT2D eigenvalue weighted by molar-refractivity contribution is 0.0628. The maximum Gasteiger partial charge on any atom is 0.253 e. The molecule has 8 heteroatoms. The van der Waals surface area contributed by atoms with Crippen LogP contribution in [0, 0.1) is 0 Å². The molecule has 1 aliphatic heterocycles. The lowest BCUT2D eigenvalue weighted by Gasteiger charge is -2.35. The molecule has 0 unspecified atom stereocenters. The third kappa shape index (κ3) is 5.57. The first-order chi connectivity index (χ1) is 17.1. The highest BCUT2D eigenvalue weighted by Gasteiger charge is 2.23. The fraction of sp³-hybridized carbons (Fsp3) is 0.185. The molecule has 1 saturated heterocycles. The second-order valence-corrected chi connectivity index (χ2v) is 10.0. The van der Waals surface area contributed by atoms with Crippen molar-refractivity contribution in [2.45, 2.75) is 11.4 Å². The van der Waals surface area contributed by atoms with Gasteiger partial charge in [0, 0.05) is 55.6 Å². The second kappa shape index (κ2) is 10.9. The van der Waals surface area contributed by atoms with Gasteiger partial charge < -0.3 is 9.62 Å². The molecule has 0 bridgehead atoms. The molecule has 1 aromatic heterocycles. The van der Waals surface area contributed by atoms with Crippen LogP contribution in [0.4, 0.5) is 5.69 Å². The van der Waals surface area contributed by atoms with Gasteiger partial charge in [-0.15, -0.1) is 0 Å². The van der Waals surface area contributed by atoms with Crippen molar-refractivity contribution in [1.29, 1.82) is 0 Å². The highest BCUT2D eigenvalue weighted by Crippen LogP contribution is 2.28. The number of aromatic nitrogens is 1. The minimum Gasteiger partial charge on any atom is -0.336 e. The summed E-state index contributed by atoms with van der Waals surface area (Å²) in [5, 5.41) is 2.29. The predicted molar refractivity (Wildman–Crippen MR) is 145 cm³/mol. The zero-order chi connectivity index (χ0) is 24.2. The summed E-state index contributed by atoms with van der Waals surface area (Å²) in [6.45, 7) is 3.68. The van der Waals surface area contributed by atoms with E-state index in [9.17, 15) is 4.79 Å². The molecule has 5 nitrogen and oxygen atoms in total. The van der Waals surface area contributed by atoms with E-state index in [0.29, 0.717) is 28.7 Å². The lowest BCUT2D eigenvalue weighted by Crippen LogP contribution is -2.48. The summed E-state index contributed by atoms with van der Waals surface area (Å²) in [5.74, 6) is 0.0582. The molecule has 0 spiro atoms. The van der Waals surface area contributed by atoms with E-state index in [2.05, 4.69) is 26.7 Å². The van der Waals surface area contributed by atoms with E-state index in [4.69, 9.17) is 23.2 Å². The van der Waals surface area contributed by atoms with E-state index >= 15 is 0 Å². The van der Waals surface area contributed by atoms with E-state index < -0.39 is 0 Å². The molecule has 1 amide bonds. The van der Waals surface area contributed by atoms with E-state index in [1.54, 1.807) is 12.3 Å². The summed E-state index contributed by atoms with van der Waals surface area (Å²) >= 11 is 14.0. The van der Waals surface area contributed by atoms with Gasteiger partial charge in [0.25, 0.3) is 5.91 Å². The number of hydrogen-bond donors (Lipinski definition) is 1. The Morgan fingerprint density at radius 3 is 2.46 bits per heavy atom. The molecule has 0 aliphatic carbocycles. The minimum atomic E-state index is 0.0582. The molecular weight excluding hydrogens is 499 g/mol. The summed E-state index contributed by atoms with van der Waals surface area (Å²) in [4.78, 5) is 22.8. The number of piperazine rings is 1. The Kier molecular flexibility index (Phi) is 7.44. The Morgan fingerprint density at radius 1 is 0.914 bits per heavy atom. The maximum absolute atomic E-state index is 13.0. The average Bonchev–Trinajstić information content (AvgIpc) is 2.90. The van der Waals surface area contributed by atoms with Crippen LogP contribution in [0.2, 0.25) is 10.0 Å². The summed E-state index contributed by atoms with van der Waals surface area (Å²) in [6.07, 6.45) is 1.80. The zero-order valence-corrected chi connectivity index (χ0v) is 21.3. The molecule has 0 atom stereocenters. The highest BCUT2D eigenvalue weighted by atomic mass is 35.5. The van der Waals surface area contributed by atoms with Crippen LogP contribution >= 0.6 is 35.1 Å². The predicted octanol–water partition coefficient (Wildman–Crippen LogP) is 6.62. The molecule has 1 fully saturated rings. The summed E-state index contributed by atoms with van der Waals surface area (Å²) in [5.41, 5.74) is 3.61. The molecule has 4 aromatic rings. The van der Waals surface area contributed by atoms with Gasteiger partial charge in [-0.25, -0.2) is 0 Å². The number of nitrogens with zero attached hydrogens (tertiary/aromatic N) is 3. The quantitative estimate of drug-likeness (QED) is 0.288. The smallest absolute Gasteiger partial charge is 0.253 e. The van der Waals surface area contributed by atoms with Crippen molar-refractivity contribution in [1.82, 2.24) is 14.8 Å². The van der Waals surface area contributed by atoms with Crippen molar-refractivity contribution >= 4 is 57.6 Å². The van der Waals surface area contributed by atoms with Gasteiger partial charge in [0.15, 0.2) is 0 Å². The normalized spacial score (nSPS) is 14.3. The fourth-order valence-corrected chi connectivity index (χ4v) is 5.31. The van der Waals surface area contributed by atoms with E-state index in [1.165, 1.54) is 11.9 Å². The van der Waals surface area contributed by atoms with Crippen molar-refractivity contribution in [2.24, 2.45) is 0 Å². The number of hydrogen-bond acceptors (Lipinski definition) is 5. The number of amides is 1. The Hall–Kier alpha value is -2.77. The van der Waals surface area contributed by atoms with Crippen LogP contribution in [0.1, 0.15) is 15.9 Å². The number of nitrogens with one attached hydrogen (secondary N) is 1. The van der Waals surface area contributed by atoms with Crippen LogP contribution < -0.4 is 4.72 Å². The van der Waals surface area contributed by atoms with Gasteiger partial charge in [0.2, 0.25) is 0 Å². The van der Waals surface area contributed by atoms with Crippen molar-refractivity contribution in [3.05, 3.63) is 100 Å². The Bertz CT molecular complexity index is 1340. The number of benzene rings is 3. The van der Waals surface area contributed by atoms with Crippen molar-refractivity contribution < 1.29 is 4.79 Å². The monoisotopic (exact) mass is 522 g/mol. The molecule has 35 heavy (non-hydrogen) atoms. The Morgan fingerprint density at radius 2 is 1.66 bits per heavy atom. The van der Waals surface area contributed by atoms with E-state index in [1.807, 2.05) is 59.5 Å². The summed E-state index contributed by atoms with van der Waals surface area (Å²) in [7, 11) is 0. The SMILES string of the molecule is O=C(c1ccc(NSc2cccc3cccnc23)cc1)N1CCN(Cc2cccc(Cl)c2Cl)CC1. The summed E-state index contributed by atoms with van der Waals surface area (Å²) < 4.78 is 3.36. The number of anilines is 1. The van der Waals surface area contributed by atoms with Crippen molar-refractivity contribution in [3.63, 3.8) is 0 Å². The van der Waals surface area contributed by atoms with Crippen LogP contribution in [-0.2, 0) is 6.54 Å². The number of rotatable bonds is 6. The third-order valence-corrected chi connectivity index (χ3v) is 7.84. The average molecular weight is 523 g/mol. The standard InChI is InChI=1S/C27H24Cl2N4OS/c28-23-7-1-5-21(25(23)29)18-32-14-16-33(17-15-32)27(34)20-9-11-22(12-10-20)31-35-24-8-2-4-19-6-3-13-30-26(19)24/h1-13,31H,14-18H2. The molecular formula is C27H24Cl2N4OS. The number of halogens is 2. The van der Waals surface area contributed by atoms with Gasteiger partial charge in [-0.3, -0.25) is 14.7 Å². The Balaban J connectivity index is 1.15. The first-order valence-electron chi connectivity index (χ1n) is 11.4. The number of fused-ring (bicyclic) bond motifs is 1. The largest absolute Gasteiger partial charge is 0.336 e. The Labute approximate surface area is 219 Å². The molecule has 0 radical (unpaired) electrons. The number of pyridine rings is 1. The van der Waals surface area contributed by atoms with Crippen molar-refractivity contribution in [3.8, 4) is 0 Å². The minimum absolute atomic E-state index is 0.0582.